The summed E-state index contributed by atoms with van der Waals surface area (Å²) in [7, 11) is 0. The largest absolute Gasteiger partial charge is 0.395 e. The van der Waals surface area contributed by atoms with Gasteiger partial charge in [-0.05, 0) is 25.3 Å². The van der Waals surface area contributed by atoms with Gasteiger partial charge in [-0.3, -0.25) is 4.90 Å². The number of nitrogens with zero attached hydrogens (tertiary/aromatic N) is 1. The molecule has 0 saturated carbocycles. The summed E-state index contributed by atoms with van der Waals surface area (Å²) in [5.41, 5.74) is 0. The van der Waals surface area contributed by atoms with Gasteiger partial charge in [-0.25, -0.2) is 0 Å². The Hall–Kier alpha value is -0.0800. The summed E-state index contributed by atoms with van der Waals surface area (Å²) < 4.78 is 0. The second kappa shape index (κ2) is 4.83. The molecule has 1 saturated heterocycles. The molecule has 0 aromatic rings. The Balaban J connectivity index is 2.30. The number of hydrogen-bond acceptors (Lipinski definition) is 2. The fourth-order valence-corrected chi connectivity index (χ4v) is 1.87. The molecule has 0 bridgehead atoms. The zero-order chi connectivity index (χ0) is 8.97. The first-order chi connectivity index (χ1) is 5.77. The normalized spacial score (nSPS) is 27.8. The molecule has 1 rings (SSSR count). The van der Waals surface area contributed by atoms with E-state index in [0.717, 1.165) is 5.92 Å². The smallest absolute Gasteiger partial charge is 0.0586 e. The van der Waals surface area contributed by atoms with Gasteiger partial charge < -0.3 is 5.11 Å². The molecule has 12 heavy (non-hydrogen) atoms. The van der Waals surface area contributed by atoms with Crippen molar-refractivity contribution in [3.8, 4) is 0 Å². The second-order valence-corrected chi connectivity index (χ2v) is 3.99. The summed E-state index contributed by atoms with van der Waals surface area (Å²) in [6, 6.07) is 0.457. The van der Waals surface area contributed by atoms with Gasteiger partial charge >= 0.3 is 0 Å². The van der Waals surface area contributed by atoms with Crippen molar-refractivity contribution in [2.45, 2.75) is 39.2 Å². The molecule has 0 amide bonds. The van der Waals surface area contributed by atoms with Crippen LogP contribution in [0, 0.1) is 5.92 Å². The number of aliphatic hydroxyl groups is 1. The number of hydrogen-bond donors (Lipinski definition) is 1. The molecule has 2 unspecified atom stereocenters. The van der Waals surface area contributed by atoms with Crippen LogP contribution in [0.1, 0.15) is 33.1 Å². The van der Waals surface area contributed by atoms with Crippen LogP contribution >= 0.6 is 0 Å². The van der Waals surface area contributed by atoms with E-state index < -0.39 is 0 Å². The van der Waals surface area contributed by atoms with E-state index in [4.69, 9.17) is 5.11 Å². The molecule has 2 atom stereocenters. The van der Waals surface area contributed by atoms with Gasteiger partial charge in [0.15, 0.2) is 0 Å². The first-order valence-electron chi connectivity index (χ1n) is 5.12. The third-order valence-corrected chi connectivity index (χ3v) is 2.95. The highest BCUT2D eigenvalue weighted by Gasteiger charge is 2.24. The molecule has 2 nitrogen and oxygen atoms in total. The summed E-state index contributed by atoms with van der Waals surface area (Å²) in [5, 5.41) is 9.08. The van der Waals surface area contributed by atoms with Gasteiger partial charge in [0.1, 0.15) is 0 Å². The van der Waals surface area contributed by atoms with Gasteiger partial charge in [-0.2, -0.15) is 0 Å². The van der Waals surface area contributed by atoms with Gasteiger partial charge in [-0.1, -0.05) is 20.3 Å². The molecule has 0 radical (unpaired) electrons. The van der Waals surface area contributed by atoms with Crippen LogP contribution < -0.4 is 0 Å². The van der Waals surface area contributed by atoms with Gasteiger partial charge in [0.2, 0.25) is 0 Å². The van der Waals surface area contributed by atoms with E-state index in [9.17, 15) is 0 Å². The first-order valence-corrected chi connectivity index (χ1v) is 5.12. The molecule has 2 heteroatoms. The molecule has 1 aliphatic rings. The molecular weight excluding hydrogens is 150 g/mol. The molecule has 1 fully saturated rings. The van der Waals surface area contributed by atoms with E-state index >= 15 is 0 Å². The minimum atomic E-state index is 0.344. The van der Waals surface area contributed by atoms with Crippen LogP contribution in [-0.4, -0.2) is 35.7 Å². The molecule has 0 aliphatic carbocycles. The van der Waals surface area contributed by atoms with Crippen molar-refractivity contribution in [3.63, 3.8) is 0 Å². The lowest BCUT2D eigenvalue weighted by Crippen LogP contribution is -2.35. The van der Waals surface area contributed by atoms with E-state index in [1.54, 1.807) is 0 Å². The van der Waals surface area contributed by atoms with E-state index in [0.29, 0.717) is 12.6 Å². The van der Waals surface area contributed by atoms with Crippen LogP contribution in [0.4, 0.5) is 0 Å². The SMILES string of the molecule is CCC(C)CN1CCCC1CO. The van der Waals surface area contributed by atoms with E-state index in [2.05, 4.69) is 18.7 Å². The van der Waals surface area contributed by atoms with Gasteiger partial charge in [-0.15, -0.1) is 0 Å². The van der Waals surface area contributed by atoms with Crippen LogP contribution in [0.25, 0.3) is 0 Å². The topological polar surface area (TPSA) is 23.5 Å². The lowest BCUT2D eigenvalue weighted by atomic mass is 10.1. The molecule has 1 aliphatic heterocycles. The molecule has 0 aromatic heterocycles. The summed E-state index contributed by atoms with van der Waals surface area (Å²) in [6.07, 6.45) is 3.70. The van der Waals surface area contributed by atoms with Crippen LogP contribution in [-0.2, 0) is 0 Å². The fraction of sp³-hybridized carbons (Fsp3) is 1.00. The lowest BCUT2D eigenvalue weighted by molar-refractivity contribution is 0.144. The van der Waals surface area contributed by atoms with E-state index in [1.807, 2.05) is 0 Å². The molecular formula is C10H21NO. The monoisotopic (exact) mass is 171 g/mol. The maximum atomic E-state index is 9.08. The minimum absolute atomic E-state index is 0.344. The Labute approximate surface area is 75.6 Å². The Morgan fingerprint density at radius 2 is 2.33 bits per heavy atom. The van der Waals surface area contributed by atoms with Crippen LogP contribution in [0.5, 0.6) is 0 Å². The lowest BCUT2D eigenvalue weighted by Gasteiger charge is -2.25. The van der Waals surface area contributed by atoms with Crippen LogP contribution in [0.2, 0.25) is 0 Å². The molecule has 72 valence electrons. The Bertz CT molecular complexity index is 127. The van der Waals surface area contributed by atoms with Crippen molar-refractivity contribution < 1.29 is 5.11 Å². The van der Waals surface area contributed by atoms with E-state index in [1.165, 1.54) is 32.4 Å². The maximum absolute atomic E-state index is 9.08. The van der Waals surface area contributed by atoms with Crippen molar-refractivity contribution in [2.75, 3.05) is 19.7 Å². The fourth-order valence-electron chi connectivity index (χ4n) is 1.87. The highest BCUT2D eigenvalue weighted by Crippen LogP contribution is 2.18. The molecule has 0 aromatic carbocycles. The average molecular weight is 171 g/mol. The van der Waals surface area contributed by atoms with E-state index in [-0.39, 0.29) is 0 Å². The van der Waals surface area contributed by atoms with Crippen molar-refractivity contribution in [2.24, 2.45) is 5.92 Å². The number of aliphatic hydroxyl groups excluding tert-OH is 1. The summed E-state index contributed by atoms with van der Waals surface area (Å²) in [6.45, 7) is 7.22. The summed E-state index contributed by atoms with van der Waals surface area (Å²) in [5.74, 6) is 0.775. The van der Waals surface area contributed by atoms with Crippen LogP contribution in [0.15, 0.2) is 0 Å². The van der Waals surface area contributed by atoms with Gasteiger partial charge in [0.25, 0.3) is 0 Å². The summed E-state index contributed by atoms with van der Waals surface area (Å²) >= 11 is 0. The standard InChI is InChI=1S/C10H21NO/c1-3-9(2)7-11-6-4-5-10(11)8-12/h9-10,12H,3-8H2,1-2H3. The quantitative estimate of drug-likeness (QED) is 0.692. The number of likely N-dealkylation sites (tertiary alicyclic amines) is 1. The molecule has 1 N–H and O–H groups in total. The third kappa shape index (κ3) is 2.46. The van der Waals surface area contributed by atoms with Crippen molar-refractivity contribution >= 4 is 0 Å². The predicted molar refractivity (Wildman–Crippen MR) is 51.1 cm³/mol. The molecule has 0 spiro atoms. The Morgan fingerprint density at radius 3 is 2.92 bits per heavy atom. The zero-order valence-electron chi connectivity index (χ0n) is 8.29. The highest BCUT2D eigenvalue weighted by atomic mass is 16.3. The Morgan fingerprint density at radius 1 is 1.58 bits per heavy atom. The highest BCUT2D eigenvalue weighted by molar-refractivity contribution is 4.79. The predicted octanol–water partition coefficient (Wildman–Crippen LogP) is 1.49. The summed E-state index contributed by atoms with van der Waals surface area (Å²) in [4.78, 5) is 2.44. The maximum Gasteiger partial charge on any atom is 0.0586 e. The number of rotatable bonds is 4. The van der Waals surface area contributed by atoms with Crippen LogP contribution in [0.3, 0.4) is 0 Å². The zero-order valence-corrected chi connectivity index (χ0v) is 8.29. The van der Waals surface area contributed by atoms with Gasteiger partial charge in [0.05, 0.1) is 6.61 Å². The first kappa shape index (κ1) is 10.0. The average Bonchev–Trinajstić information content (AvgIpc) is 2.51. The minimum Gasteiger partial charge on any atom is -0.395 e. The van der Waals surface area contributed by atoms with Crippen molar-refractivity contribution in [1.82, 2.24) is 4.90 Å². The van der Waals surface area contributed by atoms with Crippen molar-refractivity contribution in [3.05, 3.63) is 0 Å². The Kier molecular flexibility index (Phi) is 4.02. The van der Waals surface area contributed by atoms with Crippen molar-refractivity contribution in [1.29, 1.82) is 0 Å². The molecule has 1 heterocycles. The van der Waals surface area contributed by atoms with Gasteiger partial charge in [0, 0.05) is 12.6 Å². The second-order valence-electron chi connectivity index (χ2n) is 3.99. The third-order valence-electron chi connectivity index (χ3n) is 2.95.